The first-order chi connectivity index (χ1) is 6.68. The van der Waals surface area contributed by atoms with Gasteiger partial charge in [-0.15, -0.1) is 0 Å². The summed E-state index contributed by atoms with van der Waals surface area (Å²) in [6.45, 7) is 1.26. The lowest BCUT2D eigenvalue weighted by molar-refractivity contribution is -0.219. The largest absolute Gasteiger partial charge is 0.396 e. The maximum absolute atomic E-state index is 10.2. The van der Waals surface area contributed by atoms with Gasteiger partial charge in [0.1, 0.15) is 0 Å². The molecule has 1 saturated carbocycles. The molecule has 0 aromatic rings. The average molecular weight is 202 g/mol. The Morgan fingerprint density at radius 2 is 1.86 bits per heavy atom. The second-order valence-electron chi connectivity index (χ2n) is 4.34. The molecule has 2 aliphatic rings. The van der Waals surface area contributed by atoms with E-state index in [2.05, 4.69) is 0 Å². The predicted molar refractivity (Wildman–Crippen MR) is 49.8 cm³/mol. The minimum absolute atomic E-state index is 0.0204. The van der Waals surface area contributed by atoms with Gasteiger partial charge in [-0.1, -0.05) is 0 Å². The summed E-state index contributed by atoms with van der Waals surface area (Å²) in [5.41, 5.74) is -0.794. The third-order valence-electron chi connectivity index (χ3n) is 3.19. The van der Waals surface area contributed by atoms with E-state index in [1.807, 2.05) is 0 Å². The molecule has 1 aliphatic carbocycles. The van der Waals surface area contributed by atoms with Gasteiger partial charge in [-0.25, -0.2) is 0 Å². The zero-order valence-corrected chi connectivity index (χ0v) is 8.37. The van der Waals surface area contributed by atoms with Gasteiger partial charge >= 0.3 is 0 Å². The van der Waals surface area contributed by atoms with Crippen LogP contribution >= 0.6 is 0 Å². The van der Waals surface area contributed by atoms with E-state index in [1.165, 1.54) is 0 Å². The summed E-state index contributed by atoms with van der Waals surface area (Å²) in [7, 11) is 0. The smallest absolute Gasteiger partial charge is 0.171 e. The number of hydrogen-bond donors (Lipinski definition) is 2. The molecule has 1 spiro atoms. The summed E-state index contributed by atoms with van der Waals surface area (Å²) >= 11 is 0. The topological polar surface area (TPSA) is 58.9 Å². The minimum atomic E-state index is -0.794. The molecular weight excluding hydrogens is 184 g/mol. The van der Waals surface area contributed by atoms with Crippen LogP contribution < -0.4 is 0 Å². The molecule has 0 radical (unpaired) electrons. The van der Waals surface area contributed by atoms with Gasteiger partial charge < -0.3 is 19.7 Å². The monoisotopic (exact) mass is 202 g/mol. The van der Waals surface area contributed by atoms with Gasteiger partial charge in [-0.3, -0.25) is 0 Å². The number of aliphatic hydroxyl groups excluding tert-OH is 1. The second kappa shape index (κ2) is 3.77. The molecule has 2 N–H and O–H groups in total. The van der Waals surface area contributed by atoms with Crippen molar-refractivity contribution in [2.45, 2.75) is 43.5 Å². The molecule has 4 heteroatoms. The highest BCUT2D eigenvalue weighted by molar-refractivity contribution is 4.92. The van der Waals surface area contributed by atoms with E-state index in [-0.39, 0.29) is 6.61 Å². The third kappa shape index (κ3) is 1.93. The highest BCUT2D eigenvalue weighted by Gasteiger charge is 2.47. The molecule has 1 heterocycles. The van der Waals surface area contributed by atoms with Gasteiger partial charge in [0, 0.05) is 19.4 Å². The summed E-state index contributed by atoms with van der Waals surface area (Å²) in [6, 6.07) is 0. The Labute approximate surface area is 83.8 Å². The van der Waals surface area contributed by atoms with E-state index in [0.717, 1.165) is 19.3 Å². The first-order valence-corrected chi connectivity index (χ1v) is 5.29. The van der Waals surface area contributed by atoms with Crippen molar-refractivity contribution in [1.82, 2.24) is 0 Å². The Morgan fingerprint density at radius 1 is 1.14 bits per heavy atom. The Bertz CT molecular complexity index is 196. The van der Waals surface area contributed by atoms with Gasteiger partial charge in [0.25, 0.3) is 0 Å². The zero-order valence-electron chi connectivity index (χ0n) is 8.37. The SMILES string of the molecule is OCCC1(O)CCCC2(C1)OCCO2. The number of aliphatic hydroxyl groups is 2. The summed E-state index contributed by atoms with van der Waals surface area (Å²) < 4.78 is 11.1. The van der Waals surface area contributed by atoms with Crippen molar-refractivity contribution in [3.05, 3.63) is 0 Å². The molecule has 0 amide bonds. The van der Waals surface area contributed by atoms with Gasteiger partial charge in [0.05, 0.1) is 18.8 Å². The summed E-state index contributed by atoms with van der Waals surface area (Å²) in [6.07, 6.45) is 3.42. The van der Waals surface area contributed by atoms with E-state index in [4.69, 9.17) is 14.6 Å². The van der Waals surface area contributed by atoms with E-state index < -0.39 is 11.4 Å². The maximum atomic E-state index is 10.2. The van der Waals surface area contributed by atoms with E-state index in [1.54, 1.807) is 0 Å². The van der Waals surface area contributed by atoms with Crippen molar-refractivity contribution in [2.24, 2.45) is 0 Å². The lowest BCUT2D eigenvalue weighted by Gasteiger charge is -2.41. The highest BCUT2D eigenvalue weighted by atomic mass is 16.7. The predicted octanol–water partition coefficient (Wildman–Crippen LogP) is 0.417. The summed E-state index contributed by atoms with van der Waals surface area (Å²) in [5.74, 6) is -0.553. The van der Waals surface area contributed by atoms with E-state index in [0.29, 0.717) is 26.1 Å². The second-order valence-corrected chi connectivity index (χ2v) is 4.34. The molecular formula is C10H18O4. The van der Waals surface area contributed by atoms with Crippen molar-refractivity contribution in [3.8, 4) is 0 Å². The number of rotatable bonds is 2. The van der Waals surface area contributed by atoms with Gasteiger partial charge in [0.15, 0.2) is 5.79 Å². The minimum Gasteiger partial charge on any atom is -0.396 e. The molecule has 0 bridgehead atoms. The molecule has 1 aliphatic heterocycles. The molecule has 2 fully saturated rings. The van der Waals surface area contributed by atoms with Gasteiger partial charge in [-0.2, -0.15) is 0 Å². The number of ether oxygens (including phenoxy) is 2. The number of hydrogen-bond acceptors (Lipinski definition) is 4. The third-order valence-corrected chi connectivity index (χ3v) is 3.19. The first kappa shape index (κ1) is 10.4. The quantitative estimate of drug-likeness (QED) is 0.681. The van der Waals surface area contributed by atoms with Crippen molar-refractivity contribution in [3.63, 3.8) is 0 Å². The summed E-state index contributed by atoms with van der Waals surface area (Å²) in [4.78, 5) is 0. The van der Waals surface area contributed by atoms with Crippen LogP contribution in [0.5, 0.6) is 0 Å². The normalized spacial score (nSPS) is 36.4. The van der Waals surface area contributed by atoms with Crippen molar-refractivity contribution >= 4 is 0 Å². The maximum Gasteiger partial charge on any atom is 0.171 e. The van der Waals surface area contributed by atoms with Crippen molar-refractivity contribution in [1.29, 1.82) is 0 Å². The Kier molecular flexibility index (Phi) is 2.79. The van der Waals surface area contributed by atoms with Gasteiger partial charge in [-0.05, 0) is 19.3 Å². The van der Waals surface area contributed by atoms with Crippen molar-refractivity contribution < 1.29 is 19.7 Å². The Balaban J connectivity index is 2.02. The van der Waals surface area contributed by atoms with E-state index in [9.17, 15) is 5.11 Å². The van der Waals surface area contributed by atoms with Crippen LogP contribution in [0.1, 0.15) is 32.1 Å². The highest BCUT2D eigenvalue weighted by Crippen LogP contribution is 2.42. The van der Waals surface area contributed by atoms with E-state index >= 15 is 0 Å². The molecule has 0 aromatic heterocycles. The Morgan fingerprint density at radius 3 is 2.50 bits per heavy atom. The lowest BCUT2D eigenvalue weighted by atomic mass is 9.79. The first-order valence-electron chi connectivity index (χ1n) is 5.29. The lowest BCUT2D eigenvalue weighted by Crippen LogP contribution is -2.46. The molecule has 1 atom stereocenters. The molecule has 14 heavy (non-hydrogen) atoms. The fourth-order valence-electron chi connectivity index (χ4n) is 2.53. The van der Waals surface area contributed by atoms with Gasteiger partial charge in [0.2, 0.25) is 0 Å². The molecule has 1 saturated heterocycles. The van der Waals surface area contributed by atoms with Crippen LogP contribution in [-0.2, 0) is 9.47 Å². The van der Waals surface area contributed by atoms with Crippen LogP contribution in [0.25, 0.3) is 0 Å². The molecule has 4 nitrogen and oxygen atoms in total. The fraction of sp³-hybridized carbons (Fsp3) is 1.00. The Hall–Kier alpha value is -0.160. The van der Waals surface area contributed by atoms with Crippen LogP contribution in [0.3, 0.4) is 0 Å². The van der Waals surface area contributed by atoms with Crippen molar-refractivity contribution in [2.75, 3.05) is 19.8 Å². The fourth-order valence-corrected chi connectivity index (χ4v) is 2.53. The van der Waals surface area contributed by atoms with Crippen LogP contribution in [0.4, 0.5) is 0 Å². The zero-order chi connectivity index (χ0) is 10.1. The molecule has 82 valence electrons. The molecule has 2 rings (SSSR count). The molecule has 1 unspecified atom stereocenters. The van der Waals surface area contributed by atoms with Crippen LogP contribution in [-0.4, -0.2) is 41.4 Å². The van der Waals surface area contributed by atoms with Crippen LogP contribution in [0.15, 0.2) is 0 Å². The standard InChI is InChI=1S/C10H18O4/c11-5-4-9(12)2-1-3-10(8-9)13-6-7-14-10/h11-12H,1-8H2. The van der Waals surface area contributed by atoms with Crippen LogP contribution in [0.2, 0.25) is 0 Å². The van der Waals surface area contributed by atoms with Crippen LogP contribution in [0, 0.1) is 0 Å². The average Bonchev–Trinajstić information content (AvgIpc) is 2.52. The summed E-state index contributed by atoms with van der Waals surface area (Å²) in [5, 5.41) is 19.1. The molecule has 0 aromatic carbocycles.